The maximum absolute atomic E-state index is 12.4. The van der Waals surface area contributed by atoms with E-state index in [4.69, 9.17) is 4.74 Å². The molecule has 4 heteroatoms. The van der Waals surface area contributed by atoms with Crippen molar-refractivity contribution in [3.05, 3.63) is 71.8 Å². The van der Waals surface area contributed by atoms with Gasteiger partial charge in [0.05, 0.1) is 0 Å². The first-order valence-electron chi connectivity index (χ1n) is 6.25. The van der Waals surface area contributed by atoms with Crippen molar-refractivity contribution >= 4 is 34.5 Å². The average molecular weight is 377 g/mol. The van der Waals surface area contributed by atoms with E-state index in [1.807, 2.05) is 60.7 Å². The Hall–Kier alpha value is -1.69. The molecule has 0 saturated carbocycles. The molecular weight excluding hydrogens is 365 g/mol. The zero-order valence-corrected chi connectivity index (χ0v) is 12.8. The fourth-order valence-electron chi connectivity index (χ4n) is 2.18. The molecular formula is C16H12INO2. The molecule has 2 aromatic carbocycles. The van der Waals surface area contributed by atoms with Crippen molar-refractivity contribution in [2.75, 3.05) is 4.43 Å². The molecule has 0 N–H and O–H groups in total. The average Bonchev–Trinajstić information content (AvgIpc) is 2.87. The van der Waals surface area contributed by atoms with Gasteiger partial charge in [-0.3, -0.25) is 0 Å². The molecule has 0 amide bonds. The first kappa shape index (κ1) is 13.3. The number of alkyl halides is 1. The first-order valence-corrected chi connectivity index (χ1v) is 7.78. The van der Waals surface area contributed by atoms with E-state index in [0.717, 1.165) is 11.1 Å². The van der Waals surface area contributed by atoms with Gasteiger partial charge in [-0.15, -0.1) is 0 Å². The third-order valence-corrected chi connectivity index (χ3v) is 4.39. The summed E-state index contributed by atoms with van der Waals surface area (Å²) in [6, 6.07) is 19.1. The number of carbonyl (C=O) groups is 1. The lowest BCUT2D eigenvalue weighted by Crippen LogP contribution is -2.32. The van der Waals surface area contributed by atoms with Crippen LogP contribution in [0.3, 0.4) is 0 Å². The normalized spacial score (nSPS) is 21.4. The molecule has 1 unspecified atom stereocenters. The number of rotatable bonds is 3. The van der Waals surface area contributed by atoms with E-state index in [2.05, 4.69) is 27.6 Å². The summed E-state index contributed by atoms with van der Waals surface area (Å²) < 4.78 is 5.96. The van der Waals surface area contributed by atoms with Gasteiger partial charge in [-0.05, 0) is 17.7 Å². The topological polar surface area (TPSA) is 38.7 Å². The van der Waals surface area contributed by atoms with Crippen molar-refractivity contribution in [3.63, 3.8) is 0 Å². The third kappa shape index (κ3) is 2.14. The van der Waals surface area contributed by atoms with Crippen molar-refractivity contribution in [1.82, 2.24) is 0 Å². The minimum absolute atomic E-state index is 0.308. The molecule has 0 spiro atoms. The van der Waals surface area contributed by atoms with Gasteiger partial charge in [0, 0.05) is 9.99 Å². The number of hydrogen-bond donors (Lipinski definition) is 0. The second kappa shape index (κ2) is 5.36. The van der Waals surface area contributed by atoms with Crippen LogP contribution < -0.4 is 0 Å². The minimum atomic E-state index is -0.924. The van der Waals surface area contributed by atoms with Gasteiger partial charge in [0.15, 0.2) is 5.54 Å². The number of halogens is 1. The third-order valence-electron chi connectivity index (χ3n) is 3.28. The lowest BCUT2D eigenvalue weighted by Gasteiger charge is -2.19. The molecule has 0 aliphatic carbocycles. The Morgan fingerprint density at radius 2 is 1.60 bits per heavy atom. The van der Waals surface area contributed by atoms with Crippen LogP contribution in [0.1, 0.15) is 11.1 Å². The zero-order valence-electron chi connectivity index (χ0n) is 10.6. The highest BCUT2D eigenvalue weighted by Gasteiger charge is 2.46. The van der Waals surface area contributed by atoms with Crippen LogP contribution in [0.5, 0.6) is 0 Å². The summed E-state index contributed by atoms with van der Waals surface area (Å²) in [5.41, 5.74) is 0.765. The van der Waals surface area contributed by atoms with Crippen LogP contribution in [0.2, 0.25) is 0 Å². The summed E-state index contributed by atoms with van der Waals surface area (Å²) in [5, 5.41) is 0. The van der Waals surface area contributed by atoms with Gasteiger partial charge >= 0.3 is 5.97 Å². The molecule has 1 atom stereocenters. The highest BCUT2D eigenvalue weighted by molar-refractivity contribution is 14.1. The molecule has 1 heterocycles. The quantitative estimate of drug-likeness (QED) is 0.468. The summed E-state index contributed by atoms with van der Waals surface area (Å²) in [6.07, 6.45) is 0. The van der Waals surface area contributed by atoms with Gasteiger partial charge in [0.25, 0.3) is 0 Å². The standard InChI is InChI=1S/C16H12INO2/c17-11-16(13-9-5-2-6-10-13)15(19)20-14(18-16)12-7-3-1-4-8-12/h1-10H,11H2. The SMILES string of the molecule is O=C1OC(c2ccccc2)=NC1(CI)c1ccccc1. The smallest absolute Gasteiger partial charge is 0.346 e. The molecule has 100 valence electrons. The molecule has 0 fully saturated rings. The lowest BCUT2D eigenvalue weighted by molar-refractivity contribution is -0.138. The van der Waals surface area contributed by atoms with E-state index in [1.165, 1.54) is 0 Å². The molecule has 1 aliphatic rings. The monoisotopic (exact) mass is 377 g/mol. The van der Waals surface area contributed by atoms with Gasteiger partial charge in [-0.1, -0.05) is 71.1 Å². The molecule has 20 heavy (non-hydrogen) atoms. The van der Waals surface area contributed by atoms with Crippen molar-refractivity contribution in [1.29, 1.82) is 0 Å². The molecule has 0 saturated heterocycles. The van der Waals surface area contributed by atoms with E-state index in [-0.39, 0.29) is 5.97 Å². The number of carbonyl (C=O) groups excluding carboxylic acids is 1. The van der Waals surface area contributed by atoms with Gasteiger partial charge in [0.2, 0.25) is 5.90 Å². The summed E-state index contributed by atoms with van der Waals surface area (Å²) in [4.78, 5) is 17.0. The van der Waals surface area contributed by atoms with Crippen molar-refractivity contribution < 1.29 is 9.53 Å². The van der Waals surface area contributed by atoms with Crippen molar-refractivity contribution in [3.8, 4) is 0 Å². The van der Waals surface area contributed by atoms with Crippen LogP contribution in [0, 0.1) is 0 Å². The Morgan fingerprint density at radius 1 is 1.00 bits per heavy atom. The molecule has 2 aromatic rings. The van der Waals surface area contributed by atoms with Crippen LogP contribution in [0.15, 0.2) is 65.7 Å². The Morgan fingerprint density at radius 3 is 2.20 bits per heavy atom. The van der Waals surface area contributed by atoms with Crippen LogP contribution in [0.25, 0.3) is 0 Å². The van der Waals surface area contributed by atoms with Crippen LogP contribution in [-0.4, -0.2) is 16.3 Å². The van der Waals surface area contributed by atoms with Gasteiger partial charge in [-0.25, -0.2) is 9.79 Å². The van der Waals surface area contributed by atoms with E-state index in [0.29, 0.717) is 10.3 Å². The maximum atomic E-state index is 12.4. The van der Waals surface area contributed by atoms with E-state index >= 15 is 0 Å². The molecule has 0 aromatic heterocycles. The van der Waals surface area contributed by atoms with Gasteiger partial charge < -0.3 is 4.74 Å². The number of nitrogens with zero attached hydrogens (tertiary/aromatic N) is 1. The second-order valence-electron chi connectivity index (χ2n) is 4.53. The molecule has 1 aliphatic heterocycles. The molecule has 3 rings (SSSR count). The maximum Gasteiger partial charge on any atom is 0.346 e. The van der Waals surface area contributed by atoms with Crippen molar-refractivity contribution in [2.45, 2.75) is 5.54 Å². The summed E-state index contributed by atoms with van der Waals surface area (Å²) in [5.74, 6) is 0.0908. The Kier molecular flexibility index (Phi) is 3.56. The zero-order chi connectivity index (χ0) is 14.0. The molecule has 0 radical (unpaired) electrons. The van der Waals surface area contributed by atoms with E-state index in [9.17, 15) is 4.79 Å². The predicted molar refractivity (Wildman–Crippen MR) is 86.1 cm³/mol. The first-order chi connectivity index (χ1) is 9.76. The number of esters is 1. The van der Waals surface area contributed by atoms with Crippen molar-refractivity contribution in [2.24, 2.45) is 4.99 Å². The number of ether oxygens (including phenoxy) is 1. The van der Waals surface area contributed by atoms with Crippen LogP contribution in [-0.2, 0) is 15.1 Å². The molecule has 3 nitrogen and oxygen atoms in total. The summed E-state index contributed by atoms with van der Waals surface area (Å²) in [7, 11) is 0. The fourth-order valence-corrected chi connectivity index (χ4v) is 3.10. The number of aliphatic imine (C=N–C) groups is 1. The predicted octanol–water partition coefficient (Wildman–Crippen LogP) is 3.32. The van der Waals surface area contributed by atoms with Gasteiger partial charge in [0.1, 0.15) is 0 Å². The largest absolute Gasteiger partial charge is 0.405 e. The highest BCUT2D eigenvalue weighted by Crippen LogP contribution is 2.35. The summed E-state index contributed by atoms with van der Waals surface area (Å²) >= 11 is 2.18. The van der Waals surface area contributed by atoms with E-state index < -0.39 is 5.54 Å². The Balaban J connectivity index is 2.08. The fraction of sp³-hybridized carbons (Fsp3) is 0.125. The van der Waals surface area contributed by atoms with E-state index in [1.54, 1.807) is 0 Å². The number of cyclic esters (lactones) is 1. The lowest BCUT2D eigenvalue weighted by atomic mass is 9.93. The number of benzene rings is 2. The highest BCUT2D eigenvalue weighted by atomic mass is 127. The molecule has 0 bridgehead atoms. The second-order valence-corrected chi connectivity index (χ2v) is 5.30. The number of hydrogen-bond acceptors (Lipinski definition) is 3. The minimum Gasteiger partial charge on any atom is -0.405 e. The van der Waals surface area contributed by atoms with Gasteiger partial charge in [-0.2, -0.15) is 0 Å². The van der Waals surface area contributed by atoms with Crippen LogP contribution >= 0.6 is 22.6 Å². The summed E-state index contributed by atoms with van der Waals surface area (Å²) in [6.45, 7) is 0. The Bertz CT molecular complexity index is 655. The van der Waals surface area contributed by atoms with Crippen LogP contribution in [0.4, 0.5) is 0 Å². The Labute approximate surface area is 130 Å².